The minimum atomic E-state index is 0.147. The first-order valence-corrected chi connectivity index (χ1v) is 9.05. The average Bonchev–Trinajstić information content (AvgIpc) is 3.35. The van der Waals surface area contributed by atoms with Crippen LogP contribution in [0.15, 0.2) is 24.3 Å². The second kappa shape index (κ2) is 5.08. The number of carbonyl (C=O) groups is 1. The highest BCUT2D eigenvalue weighted by Gasteiger charge is 2.46. The Balaban J connectivity index is 1.42. The number of rotatable bonds is 2. The summed E-state index contributed by atoms with van der Waals surface area (Å²) in [4.78, 5) is 23.4. The Morgan fingerprint density at radius 1 is 1.17 bits per heavy atom. The highest BCUT2D eigenvalue weighted by molar-refractivity contribution is 5.81. The van der Waals surface area contributed by atoms with Gasteiger partial charge in [-0.05, 0) is 56.1 Å². The molecule has 23 heavy (non-hydrogen) atoms. The van der Waals surface area contributed by atoms with Crippen molar-refractivity contribution < 1.29 is 4.79 Å². The van der Waals surface area contributed by atoms with Crippen molar-refractivity contribution >= 4 is 16.9 Å². The lowest BCUT2D eigenvalue weighted by Gasteiger charge is -2.30. The number of benzene rings is 1. The number of nitrogens with one attached hydrogen (secondary N) is 1. The molecule has 3 fully saturated rings. The third kappa shape index (κ3) is 2.11. The normalized spacial score (nSPS) is 33.0. The summed E-state index contributed by atoms with van der Waals surface area (Å²) >= 11 is 0. The molecule has 2 saturated carbocycles. The van der Waals surface area contributed by atoms with Crippen molar-refractivity contribution in [3.8, 4) is 0 Å². The Bertz CT molecular complexity index is 719. The molecule has 4 heteroatoms. The molecule has 2 aromatic rings. The number of likely N-dealkylation sites (tertiary alicyclic amines) is 1. The number of para-hydroxylation sites is 2. The minimum Gasteiger partial charge on any atom is -0.340 e. The van der Waals surface area contributed by atoms with E-state index < -0.39 is 0 Å². The highest BCUT2D eigenvalue weighted by atomic mass is 16.2. The van der Waals surface area contributed by atoms with Gasteiger partial charge in [0.2, 0.25) is 5.91 Å². The number of aromatic nitrogens is 2. The van der Waals surface area contributed by atoms with Crippen molar-refractivity contribution in [1.29, 1.82) is 0 Å². The van der Waals surface area contributed by atoms with Crippen LogP contribution in [0, 0.1) is 17.8 Å². The SMILES string of the molecule is O=C([C@@H]1C[C@H]2CC[C@H]1C2)N1CCC[C@H]1c1nc2ccccc2[nH]1. The first kappa shape index (κ1) is 13.6. The number of carbonyl (C=O) groups excluding carboxylic acids is 1. The van der Waals surface area contributed by atoms with Gasteiger partial charge in [0.05, 0.1) is 17.1 Å². The molecule has 1 amide bonds. The number of hydrogen-bond acceptors (Lipinski definition) is 2. The molecule has 1 saturated heterocycles. The summed E-state index contributed by atoms with van der Waals surface area (Å²) in [6, 6.07) is 8.28. The molecule has 1 aliphatic heterocycles. The van der Waals surface area contributed by atoms with Crippen LogP contribution in [0.2, 0.25) is 0 Å². The largest absolute Gasteiger partial charge is 0.340 e. The predicted molar refractivity (Wildman–Crippen MR) is 88.7 cm³/mol. The van der Waals surface area contributed by atoms with E-state index in [1.807, 2.05) is 18.2 Å². The maximum Gasteiger partial charge on any atom is 0.226 e. The predicted octanol–water partition coefficient (Wildman–Crippen LogP) is 3.66. The third-order valence-electron chi connectivity index (χ3n) is 6.31. The second-order valence-electron chi connectivity index (χ2n) is 7.61. The fourth-order valence-electron chi connectivity index (χ4n) is 5.21. The van der Waals surface area contributed by atoms with E-state index >= 15 is 0 Å². The van der Waals surface area contributed by atoms with Crippen molar-refractivity contribution in [1.82, 2.24) is 14.9 Å². The Kier molecular flexibility index (Phi) is 3.00. The molecule has 1 N–H and O–H groups in total. The van der Waals surface area contributed by atoms with Gasteiger partial charge in [-0.1, -0.05) is 18.6 Å². The van der Waals surface area contributed by atoms with E-state index in [0.717, 1.165) is 48.6 Å². The van der Waals surface area contributed by atoms with Crippen molar-refractivity contribution in [2.45, 2.75) is 44.6 Å². The van der Waals surface area contributed by atoms with Crippen LogP contribution in [-0.2, 0) is 4.79 Å². The van der Waals surface area contributed by atoms with Crippen LogP contribution < -0.4 is 0 Å². The van der Waals surface area contributed by atoms with Gasteiger partial charge in [0, 0.05) is 12.5 Å². The van der Waals surface area contributed by atoms with Crippen LogP contribution in [0.3, 0.4) is 0 Å². The first-order chi connectivity index (χ1) is 11.3. The van der Waals surface area contributed by atoms with Gasteiger partial charge in [-0.15, -0.1) is 0 Å². The lowest BCUT2D eigenvalue weighted by Crippen LogP contribution is -2.38. The van der Waals surface area contributed by atoms with Gasteiger partial charge < -0.3 is 9.88 Å². The van der Waals surface area contributed by atoms with Gasteiger partial charge >= 0.3 is 0 Å². The van der Waals surface area contributed by atoms with E-state index in [-0.39, 0.29) is 6.04 Å². The van der Waals surface area contributed by atoms with Crippen molar-refractivity contribution in [2.24, 2.45) is 17.8 Å². The van der Waals surface area contributed by atoms with E-state index in [2.05, 4.69) is 16.0 Å². The van der Waals surface area contributed by atoms with Gasteiger partial charge in [-0.25, -0.2) is 4.98 Å². The lowest BCUT2D eigenvalue weighted by atomic mass is 9.87. The average molecular weight is 309 g/mol. The van der Waals surface area contributed by atoms with Gasteiger partial charge in [-0.3, -0.25) is 4.79 Å². The molecule has 5 rings (SSSR count). The highest BCUT2D eigenvalue weighted by Crippen LogP contribution is 2.50. The van der Waals surface area contributed by atoms with Crippen LogP contribution in [0.4, 0.5) is 0 Å². The van der Waals surface area contributed by atoms with E-state index in [4.69, 9.17) is 4.98 Å². The monoisotopic (exact) mass is 309 g/mol. The number of aromatic amines is 1. The quantitative estimate of drug-likeness (QED) is 0.920. The summed E-state index contributed by atoms with van der Waals surface area (Å²) in [5, 5.41) is 0. The molecule has 1 aromatic carbocycles. The molecule has 2 bridgehead atoms. The van der Waals surface area contributed by atoms with E-state index in [9.17, 15) is 4.79 Å². The molecule has 0 spiro atoms. The maximum absolute atomic E-state index is 13.1. The number of hydrogen-bond donors (Lipinski definition) is 1. The summed E-state index contributed by atoms with van der Waals surface area (Å²) < 4.78 is 0. The molecule has 0 radical (unpaired) electrons. The fraction of sp³-hybridized carbons (Fsp3) is 0.579. The van der Waals surface area contributed by atoms with Crippen LogP contribution in [0.1, 0.15) is 50.4 Å². The maximum atomic E-state index is 13.1. The smallest absolute Gasteiger partial charge is 0.226 e. The van der Waals surface area contributed by atoms with Gasteiger partial charge in [0.1, 0.15) is 5.82 Å². The number of imidazole rings is 1. The summed E-state index contributed by atoms with van der Waals surface area (Å²) in [5.74, 6) is 3.14. The third-order valence-corrected chi connectivity index (χ3v) is 6.31. The number of nitrogens with zero attached hydrogens (tertiary/aromatic N) is 2. The summed E-state index contributed by atoms with van der Waals surface area (Å²) in [6.07, 6.45) is 7.17. The first-order valence-electron chi connectivity index (χ1n) is 9.05. The lowest BCUT2D eigenvalue weighted by molar-refractivity contribution is -0.138. The van der Waals surface area contributed by atoms with Crippen LogP contribution in [-0.4, -0.2) is 27.3 Å². The molecule has 120 valence electrons. The fourth-order valence-corrected chi connectivity index (χ4v) is 5.21. The zero-order valence-electron chi connectivity index (χ0n) is 13.4. The second-order valence-corrected chi connectivity index (χ2v) is 7.61. The Labute approximate surface area is 136 Å². The molecule has 4 atom stereocenters. The van der Waals surface area contributed by atoms with Crippen molar-refractivity contribution in [3.05, 3.63) is 30.1 Å². The Morgan fingerprint density at radius 3 is 2.87 bits per heavy atom. The van der Waals surface area contributed by atoms with Crippen LogP contribution in [0.25, 0.3) is 11.0 Å². The van der Waals surface area contributed by atoms with Crippen LogP contribution in [0.5, 0.6) is 0 Å². The van der Waals surface area contributed by atoms with E-state index in [1.165, 1.54) is 19.3 Å². The van der Waals surface area contributed by atoms with E-state index in [0.29, 0.717) is 17.7 Å². The van der Waals surface area contributed by atoms with Gasteiger partial charge in [0.25, 0.3) is 0 Å². The molecular formula is C19H23N3O. The molecule has 2 aliphatic carbocycles. The zero-order chi connectivity index (χ0) is 15.4. The van der Waals surface area contributed by atoms with Gasteiger partial charge in [0.15, 0.2) is 0 Å². The zero-order valence-corrected chi connectivity index (χ0v) is 13.4. The molecule has 0 unspecified atom stereocenters. The topological polar surface area (TPSA) is 49.0 Å². The standard InChI is InChI=1S/C19H23N3O/c23-19(14-11-12-7-8-13(14)10-12)22-9-3-6-17(22)18-20-15-4-1-2-5-16(15)21-18/h1-2,4-5,12-14,17H,3,6-11H2,(H,20,21)/t12-,13-,14+,17-/m0/s1. The number of H-pyrrole nitrogens is 1. The summed E-state index contributed by atoms with van der Waals surface area (Å²) in [6.45, 7) is 0.897. The molecule has 4 nitrogen and oxygen atoms in total. The van der Waals surface area contributed by atoms with Gasteiger partial charge in [-0.2, -0.15) is 0 Å². The summed E-state index contributed by atoms with van der Waals surface area (Å²) in [7, 11) is 0. The molecule has 1 aromatic heterocycles. The summed E-state index contributed by atoms with van der Waals surface area (Å²) in [5.41, 5.74) is 2.07. The molecule has 2 heterocycles. The Morgan fingerprint density at radius 2 is 2.09 bits per heavy atom. The number of amides is 1. The Hall–Kier alpha value is -1.84. The van der Waals surface area contributed by atoms with Crippen LogP contribution >= 0.6 is 0 Å². The number of fused-ring (bicyclic) bond motifs is 3. The molecular weight excluding hydrogens is 286 g/mol. The van der Waals surface area contributed by atoms with Crippen molar-refractivity contribution in [2.75, 3.05) is 6.54 Å². The van der Waals surface area contributed by atoms with Crippen molar-refractivity contribution in [3.63, 3.8) is 0 Å². The molecule has 3 aliphatic rings. The minimum absolute atomic E-state index is 0.147. The van der Waals surface area contributed by atoms with E-state index in [1.54, 1.807) is 0 Å².